The van der Waals surface area contributed by atoms with E-state index in [2.05, 4.69) is 83.4 Å². The van der Waals surface area contributed by atoms with E-state index in [-0.39, 0.29) is 80.2 Å². The molecule has 5 N–H and O–H groups in total. The lowest BCUT2D eigenvalue weighted by molar-refractivity contribution is -0.138. The van der Waals surface area contributed by atoms with E-state index in [1.54, 1.807) is 36.4 Å². The third kappa shape index (κ3) is 30.6. The molecule has 0 aliphatic carbocycles. The van der Waals surface area contributed by atoms with Crippen molar-refractivity contribution >= 4 is 67.1 Å². The maximum Gasteiger partial charge on any atom is 0.439 e. The Morgan fingerprint density at radius 2 is 0.748 bits per heavy atom. The number of hydrogen-bond acceptors (Lipinski definition) is 19. The number of oxime groups is 1. The number of aliphatic hydroxyl groups is 1. The highest BCUT2D eigenvalue weighted by molar-refractivity contribution is 9.08. The first-order valence-electron chi connectivity index (χ1n) is 40.5. The van der Waals surface area contributed by atoms with Gasteiger partial charge in [0, 0.05) is 27.6 Å². The molecule has 0 bridgehead atoms. The van der Waals surface area contributed by atoms with Gasteiger partial charge in [0.25, 0.3) is 0 Å². The second-order valence-corrected chi connectivity index (χ2v) is 33.8. The number of nitrogens with two attached hydrogens (primary N) is 1. The second-order valence-electron chi connectivity index (χ2n) is 28.9. The Bertz CT molecular complexity index is 6040. The van der Waals surface area contributed by atoms with Gasteiger partial charge in [0.05, 0.1) is 133 Å². The highest BCUT2D eigenvalue weighted by Gasteiger charge is 2.34. The first kappa shape index (κ1) is 103. The Labute approximate surface area is 767 Å². The number of nitrogens with one attached hydrogen (secondary N) is 1. The lowest BCUT2D eigenvalue weighted by Gasteiger charge is -2.07. The summed E-state index contributed by atoms with van der Waals surface area (Å²) in [5, 5.41) is 44.6. The Morgan fingerprint density at radius 3 is 1.03 bits per heavy atom. The van der Waals surface area contributed by atoms with E-state index in [4.69, 9.17) is 35.7 Å². The summed E-state index contributed by atoms with van der Waals surface area (Å²) in [4.78, 5) is 35.2. The highest BCUT2D eigenvalue weighted by Crippen LogP contribution is 2.40. The molecule has 131 heavy (non-hydrogen) atoms. The molecule has 0 aliphatic rings. The number of nitriles is 2. The number of halogens is 17. The zero-order valence-electron chi connectivity index (χ0n) is 70.5. The number of benzene rings is 8. The molecule has 0 unspecified atom stereocenters. The van der Waals surface area contributed by atoms with E-state index in [0.29, 0.717) is 64.3 Å². The van der Waals surface area contributed by atoms with Crippen LogP contribution in [0.25, 0.3) is 53.7 Å². The van der Waals surface area contributed by atoms with E-state index in [1.165, 1.54) is 142 Å². The topological polar surface area (TPSA) is 265 Å². The van der Waals surface area contributed by atoms with Gasteiger partial charge in [-0.25, -0.2) is 42.3 Å². The Hall–Kier alpha value is -11.3. The second kappa shape index (κ2) is 49.2. The van der Waals surface area contributed by atoms with Gasteiger partial charge in [-0.05, 0) is 171 Å². The van der Waals surface area contributed by atoms with Crippen molar-refractivity contribution < 1.29 is 99.3 Å². The normalized spacial score (nSPS) is 11.6. The lowest BCUT2D eigenvalue weighted by Crippen LogP contribution is -2.15. The van der Waals surface area contributed by atoms with E-state index in [9.17, 15) is 80.1 Å². The number of alkyl halides is 13. The molecule has 13 aromatic rings. The third-order valence-corrected chi connectivity index (χ3v) is 24.4. The summed E-state index contributed by atoms with van der Waals surface area (Å²) in [6.45, 7) is 9.35. The van der Waals surface area contributed by atoms with Crippen LogP contribution >= 0.6 is 61.3 Å². The molecule has 0 radical (unpaired) electrons. The van der Waals surface area contributed by atoms with Crippen molar-refractivity contribution in [3.8, 4) is 65.8 Å². The Kier molecular flexibility index (Phi) is 38.9. The van der Waals surface area contributed by atoms with E-state index < -0.39 is 76.0 Å². The number of rotatable bonds is 32. The molecule has 0 spiro atoms. The molecule has 692 valence electrons. The average Bonchev–Trinajstić information content (AvgIpc) is 1.66. The summed E-state index contributed by atoms with van der Waals surface area (Å²) in [6.07, 6.45) is -6.80. The van der Waals surface area contributed by atoms with Crippen molar-refractivity contribution in [2.75, 3.05) is 0 Å². The molecule has 5 aromatic heterocycles. The molecular formula is C93H85BrF16N10O7S4. The zero-order chi connectivity index (χ0) is 95.2. The summed E-state index contributed by atoms with van der Waals surface area (Å²) in [7, 11) is 0. The van der Waals surface area contributed by atoms with Gasteiger partial charge in [0.2, 0.25) is 0 Å². The number of unbranched alkanes of at least 4 members (excludes halogenated alkanes) is 4. The van der Waals surface area contributed by atoms with Crippen LogP contribution < -0.4 is 11.5 Å². The van der Waals surface area contributed by atoms with Crippen LogP contribution in [0.1, 0.15) is 183 Å². The fraction of sp³-hybridized carbons (Fsp3) is 0.301. The van der Waals surface area contributed by atoms with Crippen LogP contribution in [0.3, 0.4) is 0 Å². The van der Waals surface area contributed by atoms with Crippen molar-refractivity contribution in [3.05, 3.63) is 307 Å². The first-order chi connectivity index (χ1) is 62.5. The standard InChI is InChI=1S/C24H21F4N3O3S.C23H23F4N3O2S.C23H20F4N2OS.C15H16F3NOS.C8H5BrFN/c1-2-3-4-19-20(35-22(29-19)15-6-8-16(9-7-15)24(26,27)28)13-33-12-14-5-10-17(18(25)11-14)21-30-23(32)34-31-21;1-2-3-4-19-20(13-32-12-14-5-10-17(18(24)11-14)21(28)30-31)33-22(29-19)15-6-8-16(9-7-15)23(25,26)27;1-2-3-4-20-21(14-30-13-15-5-6-17(12-28)19(24)11-15)31-22(29-20)16-7-9-18(10-8-16)23(25,26)27;1-2-3-4-12-13(9-20)21-14(19-12)10-5-7-11(8-6-10)15(16,17)18;9-4-6-1-2-7(5-11)8(10)3-6/h5-11H,2-4,12-13H2,1H3,(H,30,31,32);5-11,31H,2-4,12-13H2,1H3,(H2,28,30);5-11H,2-4,13-14H2,1H3;5-8,20H,2-4,9H2,1H3;1-3H,4H2. The minimum atomic E-state index is -4.39. The average molecular weight is 1970 g/mol. The van der Waals surface area contributed by atoms with Gasteiger partial charge < -0.3 is 30.3 Å². The van der Waals surface area contributed by atoms with Crippen LogP contribution in [-0.2, 0) is 116 Å². The van der Waals surface area contributed by atoms with Gasteiger partial charge in [-0.3, -0.25) is 9.51 Å². The van der Waals surface area contributed by atoms with Crippen molar-refractivity contribution in [2.45, 2.75) is 181 Å². The number of thiazole rings is 4. The SMILES string of the molecule is CCCCc1nc(-c2ccc(C(F)(F)F)cc2)sc1CO.CCCCc1nc(-c2ccc(C(F)(F)F)cc2)sc1COCc1ccc(-c2noc(=O)[nH]2)c(F)c1.CCCCc1nc(-c2ccc(C(F)(F)F)cc2)sc1COCc1ccc(C#N)c(F)c1.CCCCc1nc(-c2ccc(C(F)(F)F)cc2)sc1COCc1ccc(C(N)=NO)c(F)c1.N#Cc1ccc(CBr)cc1F. The van der Waals surface area contributed by atoms with Crippen LogP contribution in [-0.4, -0.2) is 46.2 Å². The van der Waals surface area contributed by atoms with Crippen LogP contribution in [0, 0.1) is 45.9 Å². The summed E-state index contributed by atoms with van der Waals surface area (Å²) in [6, 6.07) is 40.9. The van der Waals surface area contributed by atoms with Crippen LogP contribution in [0.2, 0.25) is 0 Å². The summed E-state index contributed by atoms with van der Waals surface area (Å²) >= 11 is 8.65. The van der Waals surface area contributed by atoms with Gasteiger partial charge in [0.15, 0.2) is 11.7 Å². The monoisotopic (exact) mass is 1960 g/mol. The number of aromatic amines is 1. The largest absolute Gasteiger partial charge is 0.439 e. The van der Waals surface area contributed by atoms with Gasteiger partial charge in [-0.2, -0.15) is 63.2 Å². The zero-order valence-corrected chi connectivity index (χ0v) is 75.3. The minimum Gasteiger partial charge on any atom is -0.409 e. The molecule has 0 atom stereocenters. The maximum absolute atomic E-state index is 14.5. The number of ether oxygens (including phenoxy) is 3. The summed E-state index contributed by atoms with van der Waals surface area (Å²) in [5.74, 6) is -3.34. The molecule has 17 nitrogen and oxygen atoms in total. The van der Waals surface area contributed by atoms with Gasteiger partial charge in [-0.1, -0.05) is 152 Å². The van der Waals surface area contributed by atoms with Crippen molar-refractivity contribution in [2.24, 2.45) is 10.9 Å². The Morgan fingerprint density at radius 1 is 0.443 bits per heavy atom. The van der Waals surface area contributed by atoms with Gasteiger partial charge in [-0.15, -0.1) is 45.3 Å². The van der Waals surface area contributed by atoms with Gasteiger partial charge in [0.1, 0.15) is 55.4 Å². The molecule has 0 saturated carbocycles. The third-order valence-electron chi connectivity index (χ3n) is 19.3. The molecule has 0 aliphatic heterocycles. The molecular weight excluding hydrogens is 1880 g/mol. The number of H-pyrrole nitrogens is 1. The number of hydrogen-bond donors (Lipinski definition) is 4. The molecule has 8 aromatic carbocycles. The summed E-state index contributed by atoms with van der Waals surface area (Å²) in [5.41, 5.74) is 11.3. The fourth-order valence-electron chi connectivity index (χ4n) is 12.2. The van der Waals surface area contributed by atoms with E-state index in [0.717, 1.165) is 173 Å². The predicted octanol–water partition coefficient (Wildman–Crippen LogP) is 26.6. The number of amidine groups is 1. The number of aryl methyl sites for hydroxylation is 4. The molecule has 0 fully saturated rings. The van der Waals surface area contributed by atoms with Crippen LogP contribution in [0.15, 0.2) is 184 Å². The Balaban J connectivity index is 0.000000191. The summed E-state index contributed by atoms with van der Waals surface area (Å²) < 4.78 is 230. The lowest BCUT2D eigenvalue weighted by atomic mass is 10.1. The van der Waals surface area contributed by atoms with E-state index in [1.807, 2.05) is 0 Å². The molecule has 38 heteroatoms. The fourth-order valence-corrected chi connectivity index (χ4v) is 16.7. The number of nitrogens with zero attached hydrogens (tertiary/aromatic N) is 8. The maximum atomic E-state index is 14.5. The quantitative estimate of drug-likeness (QED) is 0.00763. The number of aromatic nitrogens is 6. The molecule has 0 amide bonds. The molecule has 0 saturated heterocycles. The highest BCUT2D eigenvalue weighted by atomic mass is 79.9. The van der Waals surface area contributed by atoms with Crippen LogP contribution in [0.4, 0.5) is 70.2 Å². The molecule has 13 rings (SSSR count). The van der Waals surface area contributed by atoms with Gasteiger partial charge >= 0.3 is 30.5 Å². The van der Waals surface area contributed by atoms with E-state index >= 15 is 0 Å². The predicted molar refractivity (Wildman–Crippen MR) is 472 cm³/mol. The van der Waals surface area contributed by atoms with Crippen molar-refractivity contribution in [1.29, 1.82) is 10.5 Å². The van der Waals surface area contributed by atoms with Crippen molar-refractivity contribution in [3.63, 3.8) is 0 Å². The van der Waals surface area contributed by atoms with Crippen molar-refractivity contribution in [1.82, 2.24) is 30.1 Å². The number of aliphatic hydroxyl groups excluding tert-OH is 1. The van der Waals surface area contributed by atoms with Crippen LogP contribution in [0.5, 0.6) is 0 Å². The first-order valence-corrected chi connectivity index (χ1v) is 44.9. The molecule has 5 heterocycles. The smallest absolute Gasteiger partial charge is 0.409 e. The minimum absolute atomic E-state index is 0.000917.